The monoisotopic (exact) mass is 227 g/mol. The predicted octanol–water partition coefficient (Wildman–Crippen LogP) is 1.95. The van der Waals surface area contributed by atoms with Crippen LogP contribution in [0.3, 0.4) is 0 Å². The van der Waals surface area contributed by atoms with Crippen LogP contribution in [0.1, 0.15) is 47.0 Å². The fourth-order valence-corrected chi connectivity index (χ4v) is 2.01. The number of hydrogen-bond acceptors (Lipinski definition) is 2. The van der Waals surface area contributed by atoms with Crippen LogP contribution in [-0.4, -0.2) is 24.2 Å². The van der Waals surface area contributed by atoms with Crippen LogP contribution in [-0.2, 0) is 4.79 Å². The number of aliphatic hydroxyl groups excluding tert-OH is 1. The highest BCUT2D eigenvalue weighted by Crippen LogP contribution is 2.51. The van der Waals surface area contributed by atoms with E-state index in [0.29, 0.717) is 6.54 Å². The van der Waals surface area contributed by atoms with Gasteiger partial charge < -0.3 is 10.4 Å². The van der Waals surface area contributed by atoms with Gasteiger partial charge in [0.05, 0.1) is 0 Å². The molecule has 1 rings (SSSR count). The standard InChI is InChI=1S/C13H25NO2/c1-12(2,6-5-7-15)9-14-11(16)10-8-13(10,3)4/h10,15H,5-9H2,1-4H3,(H,14,16). The van der Waals surface area contributed by atoms with Gasteiger partial charge in [-0.05, 0) is 30.1 Å². The molecule has 3 nitrogen and oxygen atoms in total. The molecule has 2 N–H and O–H groups in total. The second kappa shape index (κ2) is 4.74. The van der Waals surface area contributed by atoms with E-state index in [1.807, 2.05) is 0 Å². The van der Waals surface area contributed by atoms with Crippen molar-refractivity contribution in [3.05, 3.63) is 0 Å². The molecule has 0 bridgehead atoms. The molecule has 0 aromatic heterocycles. The van der Waals surface area contributed by atoms with Gasteiger partial charge >= 0.3 is 0 Å². The molecule has 0 spiro atoms. The lowest BCUT2D eigenvalue weighted by Gasteiger charge is -2.24. The van der Waals surface area contributed by atoms with E-state index in [2.05, 4.69) is 33.0 Å². The fraction of sp³-hybridized carbons (Fsp3) is 0.923. The first-order valence-corrected chi connectivity index (χ1v) is 6.17. The van der Waals surface area contributed by atoms with Crippen LogP contribution in [0.5, 0.6) is 0 Å². The van der Waals surface area contributed by atoms with E-state index in [0.717, 1.165) is 19.3 Å². The largest absolute Gasteiger partial charge is 0.396 e. The highest BCUT2D eigenvalue weighted by molar-refractivity contribution is 5.82. The molecule has 1 amide bonds. The summed E-state index contributed by atoms with van der Waals surface area (Å²) in [6, 6.07) is 0. The molecule has 0 aliphatic heterocycles. The number of rotatable bonds is 6. The zero-order chi connectivity index (χ0) is 12.4. The first kappa shape index (κ1) is 13.5. The van der Waals surface area contributed by atoms with Crippen LogP contribution in [0, 0.1) is 16.7 Å². The van der Waals surface area contributed by atoms with Crippen LogP contribution < -0.4 is 5.32 Å². The minimum Gasteiger partial charge on any atom is -0.396 e. The van der Waals surface area contributed by atoms with Crippen molar-refractivity contribution in [2.24, 2.45) is 16.7 Å². The summed E-state index contributed by atoms with van der Waals surface area (Å²) in [7, 11) is 0. The van der Waals surface area contributed by atoms with Crippen LogP contribution >= 0.6 is 0 Å². The van der Waals surface area contributed by atoms with Crippen molar-refractivity contribution >= 4 is 5.91 Å². The van der Waals surface area contributed by atoms with E-state index in [1.54, 1.807) is 0 Å². The highest BCUT2D eigenvalue weighted by atomic mass is 16.2. The Morgan fingerprint density at radius 3 is 2.50 bits per heavy atom. The number of aliphatic hydroxyl groups is 1. The summed E-state index contributed by atoms with van der Waals surface area (Å²) >= 11 is 0. The lowest BCUT2D eigenvalue weighted by atomic mass is 9.88. The van der Waals surface area contributed by atoms with E-state index >= 15 is 0 Å². The van der Waals surface area contributed by atoms with E-state index < -0.39 is 0 Å². The molecule has 0 saturated heterocycles. The Kier molecular flexibility index (Phi) is 4.00. The molecule has 0 aromatic rings. The zero-order valence-corrected chi connectivity index (χ0v) is 11.0. The Labute approximate surface area is 98.6 Å². The summed E-state index contributed by atoms with van der Waals surface area (Å²) < 4.78 is 0. The van der Waals surface area contributed by atoms with Gasteiger partial charge in [-0.2, -0.15) is 0 Å². The van der Waals surface area contributed by atoms with Crippen LogP contribution in [0.15, 0.2) is 0 Å². The fourth-order valence-electron chi connectivity index (χ4n) is 2.01. The summed E-state index contributed by atoms with van der Waals surface area (Å²) in [5.41, 5.74) is 0.288. The summed E-state index contributed by atoms with van der Waals surface area (Å²) in [5.74, 6) is 0.406. The van der Waals surface area contributed by atoms with Gasteiger partial charge in [0.1, 0.15) is 0 Å². The second-order valence-corrected chi connectivity index (χ2v) is 6.45. The number of hydrogen-bond donors (Lipinski definition) is 2. The van der Waals surface area contributed by atoms with Crippen molar-refractivity contribution in [1.29, 1.82) is 0 Å². The Hall–Kier alpha value is -0.570. The molecule has 1 unspecified atom stereocenters. The quantitative estimate of drug-likeness (QED) is 0.728. The molecule has 1 fully saturated rings. The molecular formula is C13H25NO2. The van der Waals surface area contributed by atoms with Crippen molar-refractivity contribution in [3.8, 4) is 0 Å². The molecule has 1 aliphatic rings. The van der Waals surface area contributed by atoms with Gasteiger partial charge in [-0.25, -0.2) is 0 Å². The summed E-state index contributed by atoms with van der Waals surface area (Å²) in [6.07, 6.45) is 2.76. The third-order valence-electron chi connectivity index (χ3n) is 3.58. The van der Waals surface area contributed by atoms with Crippen LogP contribution in [0.25, 0.3) is 0 Å². The molecule has 16 heavy (non-hydrogen) atoms. The van der Waals surface area contributed by atoms with Crippen molar-refractivity contribution in [2.75, 3.05) is 13.2 Å². The molecule has 0 heterocycles. The molecule has 1 saturated carbocycles. The average Bonchev–Trinajstić information content (AvgIpc) is 2.81. The Morgan fingerprint density at radius 1 is 1.50 bits per heavy atom. The van der Waals surface area contributed by atoms with E-state index in [4.69, 9.17) is 5.11 Å². The minimum atomic E-state index is 0.0808. The van der Waals surface area contributed by atoms with Crippen LogP contribution in [0.4, 0.5) is 0 Å². The lowest BCUT2D eigenvalue weighted by Crippen LogP contribution is -2.35. The molecule has 0 radical (unpaired) electrons. The van der Waals surface area contributed by atoms with Gasteiger partial charge in [0.25, 0.3) is 0 Å². The van der Waals surface area contributed by atoms with Gasteiger partial charge in [0.15, 0.2) is 0 Å². The van der Waals surface area contributed by atoms with Gasteiger partial charge in [0.2, 0.25) is 5.91 Å². The van der Waals surface area contributed by atoms with Crippen LogP contribution in [0.2, 0.25) is 0 Å². The second-order valence-electron chi connectivity index (χ2n) is 6.45. The van der Waals surface area contributed by atoms with E-state index in [9.17, 15) is 4.79 Å². The maximum absolute atomic E-state index is 11.8. The smallest absolute Gasteiger partial charge is 0.223 e. The SMILES string of the molecule is CC(C)(CCCO)CNC(=O)C1CC1(C)C. The third kappa shape index (κ3) is 3.78. The zero-order valence-electron chi connectivity index (χ0n) is 11.0. The normalized spacial score (nSPS) is 22.9. The molecule has 0 aromatic carbocycles. The molecular weight excluding hydrogens is 202 g/mol. The summed E-state index contributed by atoms with van der Waals surface area (Å²) in [6.45, 7) is 9.45. The maximum Gasteiger partial charge on any atom is 0.223 e. The van der Waals surface area contributed by atoms with Crippen molar-refractivity contribution in [3.63, 3.8) is 0 Å². The summed E-state index contributed by atoms with van der Waals surface area (Å²) in [4.78, 5) is 11.8. The molecule has 1 aliphatic carbocycles. The number of nitrogens with one attached hydrogen (secondary N) is 1. The lowest BCUT2D eigenvalue weighted by molar-refractivity contribution is -0.123. The van der Waals surface area contributed by atoms with Crippen molar-refractivity contribution < 1.29 is 9.90 Å². The summed E-state index contributed by atoms with van der Waals surface area (Å²) in [5, 5.41) is 11.8. The molecule has 1 atom stereocenters. The first-order valence-electron chi connectivity index (χ1n) is 6.17. The third-order valence-corrected chi connectivity index (χ3v) is 3.58. The molecule has 94 valence electrons. The van der Waals surface area contributed by atoms with Gasteiger partial charge in [-0.15, -0.1) is 0 Å². The Morgan fingerprint density at radius 2 is 2.06 bits per heavy atom. The van der Waals surface area contributed by atoms with Gasteiger partial charge in [-0.3, -0.25) is 4.79 Å². The van der Waals surface area contributed by atoms with Gasteiger partial charge in [0, 0.05) is 19.1 Å². The minimum absolute atomic E-state index is 0.0808. The van der Waals surface area contributed by atoms with Crippen molar-refractivity contribution in [2.45, 2.75) is 47.0 Å². The van der Waals surface area contributed by atoms with E-state index in [-0.39, 0.29) is 29.3 Å². The number of amides is 1. The van der Waals surface area contributed by atoms with E-state index in [1.165, 1.54) is 0 Å². The number of carbonyl (C=O) groups excluding carboxylic acids is 1. The Balaban J connectivity index is 2.26. The highest BCUT2D eigenvalue weighted by Gasteiger charge is 2.50. The predicted molar refractivity (Wildman–Crippen MR) is 65.0 cm³/mol. The maximum atomic E-state index is 11.8. The van der Waals surface area contributed by atoms with Crippen molar-refractivity contribution in [1.82, 2.24) is 5.32 Å². The number of carbonyl (C=O) groups is 1. The average molecular weight is 227 g/mol. The topological polar surface area (TPSA) is 49.3 Å². The first-order chi connectivity index (χ1) is 7.28. The Bertz CT molecular complexity index is 259. The van der Waals surface area contributed by atoms with Gasteiger partial charge in [-0.1, -0.05) is 27.7 Å². The molecule has 3 heteroatoms.